The molecule has 1 aromatic carbocycles. The summed E-state index contributed by atoms with van der Waals surface area (Å²) in [6, 6.07) is 9.05. The lowest BCUT2D eigenvalue weighted by Gasteiger charge is -2.18. The summed E-state index contributed by atoms with van der Waals surface area (Å²) in [4.78, 5) is 12.0. The Morgan fingerprint density at radius 1 is 1.19 bits per heavy atom. The van der Waals surface area contributed by atoms with Crippen molar-refractivity contribution in [2.75, 3.05) is 0 Å². The molecule has 0 heterocycles. The number of ketones is 1. The summed E-state index contributed by atoms with van der Waals surface area (Å²) in [5.74, 6) is -0.338. The minimum atomic E-state index is -1.42. The molecule has 1 aliphatic rings. The van der Waals surface area contributed by atoms with Crippen LogP contribution in [0.15, 0.2) is 54.6 Å². The van der Waals surface area contributed by atoms with Crippen molar-refractivity contribution in [1.29, 1.82) is 0 Å². The molecule has 2 heteroatoms. The van der Waals surface area contributed by atoms with E-state index < -0.39 is 5.67 Å². The van der Waals surface area contributed by atoms with Gasteiger partial charge < -0.3 is 0 Å². The Balaban J connectivity index is 2.18. The summed E-state index contributed by atoms with van der Waals surface area (Å²) in [7, 11) is 0. The van der Waals surface area contributed by atoms with Crippen molar-refractivity contribution >= 4 is 5.78 Å². The van der Waals surface area contributed by atoms with Crippen LogP contribution in [0.3, 0.4) is 0 Å². The zero-order valence-electron chi connectivity index (χ0n) is 9.06. The smallest absolute Gasteiger partial charge is 0.173 e. The Hall–Kier alpha value is -1.70. The van der Waals surface area contributed by atoms with Crippen LogP contribution >= 0.6 is 0 Å². The van der Waals surface area contributed by atoms with Crippen molar-refractivity contribution in [3.05, 3.63) is 60.2 Å². The molecule has 0 N–H and O–H groups in total. The third kappa shape index (κ3) is 2.27. The molecule has 1 aromatic rings. The SMILES string of the molecule is CC1(F)C=CC(C(=O)c2ccccc2)C=C1. The standard InChI is InChI=1S/C14H13FO/c1-14(15)9-7-12(8-10-14)13(16)11-5-3-2-4-6-11/h2-10,12H,1H3. The van der Waals surface area contributed by atoms with Crippen molar-refractivity contribution < 1.29 is 9.18 Å². The molecule has 0 saturated carbocycles. The lowest BCUT2D eigenvalue weighted by molar-refractivity contribution is 0.0963. The van der Waals surface area contributed by atoms with Gasteiger partial charge in [0.05, 0.1) is 5.92 Å². The number of halogens is 1. The fourth-order valence-corrected chi connectivity index (χ4v) is 1.67. The number of rotatable bonds is 2. The van der Waals surface area contributed by atoms with Gasteiger partial charge in [-0.2, -0.15) is 0 Å². The predicted octanol–water partition coefficient (Wildman–Crippen LogP) is 3.34. The van der Waals surface area contributed by atoms with Gasteiger partial charge in [0.25, 0.3) is 0 Å². The van der Waals surface area contributed by atoms with Gasteiger partial charge in [-0.15, -0.1) is 0 Å². The van der Waals surface area contributed by atoms with E-state index in [0.717, 1.165) is 0 Å². The van der Waals surface area contributed by atoms with Crippen LogP contribution in [0.25, 0.3) is 0 Å². The first-order valence-corrected chi connectivity index (χ1v) is 5.25. The molecule has 16 heavy (non-hydrogen) atoms. The summed E-state index contributed by atoms with van der Waals surface area (Å²) < 4.78 is 13.4. The van der Waals surface area contributed by atoms with E-state index in [1.807, 2.05) is 18.2 Å². The number of carbonyl (C=O) groups excluding carboxylic acids is 1. The van der Waals surface area contributed by atoms with Crippen molar-refractivity contribution in [2.24, 2.45) is 5.92 Å². The van der Waals surface area contributed by atoms with Gasteiger partial charge in [-0.1, -0.05) is 42.5 Å². The largest absolute Gasteiger partial charge is 0.293 e. The van der Waals surface area contributed by atoms with Crippen LogP contribution in [0.1, 0.15) is 17.3 Å². The molecule has 1 nitrogen and oxygen atoms in total. The normalized spacial score (nSPS) is 28.0. The van der Waals surface area contributed by atoms with Gasteiger partial charge in [0.2, 0.25) is 0 Å². The number of carbonyl (C=O) groups is 1. The van der Waals surface area contributed by atoms with E-state index in [4.69, 9.17) is 0 Å². The molecule has 0 aliphatic heterocycles. The lowest BCUT2D eigenvalue weighted by Crippen LogP contribution is -2.19. The molecule has 82 valence electrons. The molecule has 0 saturated heterocycles. The fraction of sp³-hybridized carbons (Fsp3) is 0.214. The highest BCUT2D eigenvalue weighted by Crippen LogP contribution is 2.24. The van der Waals surface area contributed by atoms with Crippen molar-refractivity contribution in [1.82, 2.24) is 0 Å². The van der Waals surface area contributed by atoms with Gasteiger partial charge in [0.15, 0.2) is 5.78 Å². The van der Waals surface area contributed by atoms with Crippen LogP contribution in [0.4, 0.5) is 4.39 Å². The van der Waals surface area contributed by atoms with E-state index in [1.54, 1.807) is 24.3 Å². The molecule has 0 radical (unpaired) electrons. The maximum atomic E-state index is 13.4. The molecule has 1 aliphatic carbocycles. The van der Waals surface area contributed by atoms with Gasteiger partial charge in [-0.25, -0.2) is 4.39 Å². The number of benzene rings is 1. The van der Waals surface area contributed by atoms with Crippen LogP contribution in [0.2, 0.25) is 0 Å². The molecule has 0 aromatic heterocycles. The Morgan fingerprint density at radius 3 is 2.31 bits per heavy atom. The van der Waals surface area contributed by atoms with E-state index in [2.05, 4.69) is 0 Å². The van der Waals surface area contributed by atoms with Crippen molar-refractivity contribution in [3.63, 3.8) is 0 Å². The number of alkyl halides is 1. The first kappa shape index (κ1) is 10.8. The zero-order chi connectivity index (χ0) is 11.6. The van der Waals surface area contributed by atoms with Gasteiger partial charge in [-0.05, 0) is 19.1 Å². The monoisotopic (exact) mass is 216 g/mol. The van der Waals surface area contributed by atoms with E-state index in [0.29, 0.717) is 5.56 Å². The third-order valence-corrected chi connectivity index (χ3v) is 2.62. The number of hydrogen-bond acceptors (Lipinski definition) is 1. The topological polar surface area (TPSA) is 17.1 Å². The summed E-state index contributed by atoms with van der Waals surface area (Å²) in [5, 5.41) is 0. The maximum Gasteiger partial charge on any atom is 0.173 e. The Morgan fingerprint density at radius 2 is 1.75 bits per heavy atom. The Bertz CT molecular complexity index is 427. The summed E-state index contributed by atoms with van der Waals surface area (Å²) in [5.41, 5.74) is -0.766. The predicted molar refractivity (Wildman–Crippen MR) is 62.1 cm³/mol. The summed E-state index contributed by atoms with van der Waals surface area (Å²) >= 11 is 0. The molecule has 0 fully saturated rings. The summed E-state index contributed by atoms with van der Waals surface area (Å²) in [6.07, 6.45) is 6.10. The van der Waals surface area contributed by atoms with Gasteiger partial charge in [0, 0.05) is 5.56 Å². The molecule has 2 rings (SSSR count). The second-order valence-electron chi connectivity index (χ2n) is 4.13. The lowest BCUT2D eigenvalue weighted by atomic mass is 9.90. The van der Waals surface area contributed by atoms with Crippen LogP contribution < -0.4 is 0 Å². The molecule has 0 bridgehead atoms. The highest BCUT2D eigenvalue weighted by Gasteiger charge is 2.23. The van der Waals surface area contributed by atoms with Crippen molar-refractivity contribution in [2.45, 2.75) is 12.6 Å². The molecular weight excluding hydrogens is 203 g/mol. The Labute approximate surface area is 94.3 Å². The van der Waals surface area contributed by atoms with Gasteiger partial charge in [-0.3, -0.25) is 4.79 Å². The average molecular weight is 216 g/mol. The second-order valence-corrected chi connectivity index (χ2v) is 4.13. The minimum absolute atomic E-state index is 0.00333. The number of Topliss-reactive ketones (excluding diaryl/α,β-unsaturated/α-hetero) is 1. The summed E-state index contributed by atoms with van der Waals surface area (Å²) in [6.45, 7) is 1.46. The highest BCUT2D eigenvalue weighted by molar-refractivity contribution is 6.00. The van der Waals surface area contributed by atoms with Crippen LogP contribution in [0, 0.1) is 5.92 Å². The third-order valence-electron chi connectivity index (χ3n) is 2.62. The molecular formula is C14H13FO. The zero-order valence-corrected chi connectivity index (χ0v) is 9.06. The first-order valence-electron chi connectivity index (χ1n) is 5.25. The van der Waals surface area contributed by atoms with Gasteiger partial charge >= 0.3 is 0 Å². The van der Waals surface area contributed by atoms with E-state index in [1.165, 1.54) is 19.1 Å². The minimum Gasteiger partial charge on any atom is -0.293 e. The van der Waals surface area contributed by atoms with E-state index in [-0.39, 0.29) is 11.7 Å². The number of hydrogen-bond donors (Lipinski definition) is 0. The highest BCUT2D eigenvalue weighted by atomic mass is 19.1. The molecule has 0 amide bonds. The molecule has 0 unspecified atom stereocenters. The van der Waals surface area contributed by atoms with Crippen LogP contribution in [-0.2, 0) is 0 Å². The Kier molecular flexibility index (Phi) is 2.73. The fourth-order valence-electron chi connectivity index (χ4n) is 1.67. The number of allylic oxidation sites excluding steroid dienone is 4. The van der Waals surface area contributed by atoms with Crippen LogP contribution in [-0.4, -0.2) is 11.5 Å². The second kappa shape index (κ2) is 4.05. The molecule has 0 atom stereocenters. The first-order chi connectivity index (χ1) is 7.58. The quantitative estimate of drug-likeness (QED) is 0.547. The van der Waals surface area contributed by atoms with Crippen LogP contribution in [0.5, 0.6) is 0 Å². The van der Waals surface area contributed by atoms with E-state index in [9.17, 15) is 9.18 Å². The average Bonchev–Trinajstić information content (AvgIpc) is 2.29. The van der Waals surface area contributed by atoms with Crippen molar-refractivity contribution in [3.8, 4) is 0 Å². The van der Waals surface area contributed by atoms with E-state index >= 15 is 0 Å². The van der Waals surface area contributed by atoms with Gasteiger partial charge in [0.1, 0.15) is 5.67 Å². The molecule has 0 spiro atoms. The maximum absolute atomic E-state index is 13.4.